The van der Waals surface area contributed by atoms with Crippen LogP contribution in [0.15, 0.2) is 27.5 Å². The number of nitrogens with zero attached hydrogens (tertiary/aromatic N) is 1. The van der Waals surface area contributed by atoms with Crippen LogP contribution in [-0.2, 0) is 0 Å². The Kier molecular flexibility index (Phi) is 2.16. The van der Waals surface area contributed by atoms with Crippen LogP contribution in [0, 0.1) is 0 Å². The van der Waals surface area contributed by atoms with Gasteiger partial charge in [-0.2, -0.15) is 0 Å². The Hall–Kier alpha value is -2.30. The summed E-state index contributed by atoms with van der Waals surface area (Å²) in [7, 11) is 0. The molecular formula is C13H13N3O2. The Bertz CT molecular complexity index is 799. The minimum Gasteiger partial charge on any atom is -0.380 e. The van der Waals surface area contributed by atoms with E-state index in [4.69, 9.17) is 10.3 Å². The first-order valence-electron chi connectivity index (χ1n) is 5.78. The summed E-state index contributed by atoms with van der Waals surface area (Å²) in [5.74, 6) is 0.567. The number of fused-ring (bicyclic) bond motifs is 3. The highest BCUT2D eigenvalue weighted by atomic mass is 16.5. The van der Waals surface area contributed by atoms with E-state index >= 15 is 0 Å². The van der Waals surface area contributed by atoms with Gasteiger partial charge in [0.1, 0.15) is 0 Å². The van der Waals surface area contributed by atoms with Crippen molar-refractivity contribution in [3.05, 3.63) is 34.1 Å². The van der Waals surface area contributed by atoms with E-state index < -0.39 is 0 Å². The number of anilines is 1. The maximum Gasteiger partial charge on any atom is 0.193 e. The first-order valence-corrected chi connectivity index (χ1v) is 5.78. The van der Waals surface area contributed by atoms with E-state index in [9.17, 15) is 4.79 Å². The molecule has 5 heteroatoms. The van der Waals surface area contributed by atoms with Crippen molar-refractivity contribution in [1.29, 1.82) is 0 Å². The van der Waals surface area contributed by atoms with E-state index in [1.807, 2.05) is 26.0 Å². The zero-order valence-electron chi connectivity index (χ0n) is 10.2. The molecule has 2 heterocycles. The number of hydrogen-bond donors (Lipinski definition) is 2. The maximum atomic E-state index is 12.2. The van der Waals surface area contributed by atoms with Gasteiger partial charge in [0.2, 0.25) is 0 Å². The van der Waals surface area contributed by atoms with Crippen LogP contribution >= 0.6 is 0 Å². The van der Waals surface area contributed by atoms with Crippen molar-refractivity contribution in [2.75, 3.05) is 5.73 Å². The van der Waals surface area contributed by atoms with E-state index in [1.54, 1.807) is 6.07 Å². The molecule has 3 rings (SSSR count). The monoisotopic (exact) mass is 243 g/mol. The van der Waals surface area contributed by atoms with Gasteiger partial charge in [0.25, 0.3) is 0 Å². The van der Waals surface area contributed by atoms with Gasteiger partial charge in [-0.25, -0.2) is 0 Å². The van der Waals surface area contributed by atoms with Crippen molar-refractivity contribution in [3.8, 4) is 0 Å². The Labute approximate surface area is 103 Å². The number of aromatic amines is 1. The lowest BCUT2D eigenvalue weighted by Gasteiger charge is -2.07. The predicted molar refractivity (Wildman–Crippen MR) is 70.6 cm³/mol. The van der Waals surface area contributed by atoms with E-state index in [1.165, 1.54) is 0 Å². The van der Waals surface area contributed by atoms with Gasteiger partial charge in [-0.3, -0.25) is 4.79 Å². The topological polar surface area (TPSA) is 84.9 Å². The third-order valence-corrected chi connectivity index (χ3v) is 3.10. The number of aromatic nitrogens is 2. The quantitative estimate of drug-likeness (QED) is 0.687. The van der Waals surface area contributed by atoms with Crippen LogP contribution in [0.4, 0.5) is 5.82 Å². The predicted octanol–water partition coefficient (Wildman–Crippen LogP) is 2.37. The van der Waals surface area contributed by atoms with Crippen LogP contribution in [0.3, 0.4) is 0 Å². The standard InChI is InChI=1S/C13H13N3O2/c1-6(2)9-5-10(17)11-8(15-9)4-3-7-12(11)18-16-13(7)14/h3-6H,1-2H3,(H2,14,16)(H,15,17). The lowest BCUT2D eigenvalue weighted by molar-refractivity contribution is 0.462. The summed E-state index contributed by atoms with van der Waals surface area (Å²) >= 11 is 0. The van der Waals surface area contributed by atoms with Gasteiger partial charge < -0.3 is 15.2 Å². The molecule has 0 saturated carbocycles. The number of benzene rings is 1. The van der Waals surface area contributed by atoms with Crippen LogP contribution in [-0.4, -0.2) is 10.1 Å². The van der Waals surface area contributed by atoms with Crippen LogP contribution in [0.25, 0.3) is 21.9 Å². The Morgan fingerprint density at radius 2 is 2.17 bits per heavy atom. The van der Waals surface area contributed by atoms with Crippen molar-refractivity contribution >= 4 is 27.7 Å². The number of nitrogens with one attached hydrogen (secondary N) is 1. The molecule has 0 aliphatic rings. The van der Waals surface area contributed by atoms with Crippen LogP contribution in [0.5, 0.6) is 0 Å². The van der Waals surface area contributed by atoms with Crippen molar-refractivity contribution in [2.45, 2.75) is 19.8 Å². The fourth-order valence-corrected chi connectivity index (χ4v) is 2.09. The summed E-state index contributed by atoms with van der Waals surface area (Å²) in [4.78, 5) is 15.4. The lowest BCUT2D eigenvalue weighted by atomic mass is 10.1. The molecule has 0 fully saturated rings. The number of pyridine rings is 1. The first-order chi connectivity index (χ1) is 8.58. The second-order valence-electron chi connectivity index (χ2n) is 4.68. The van der Waals surface area contributed by atoms with Gasteiger partial charge in [-0.1, -0.05) is 19.0 Å². The normalized spacial score (nSPS) is 11.7. The number of rotatable bonds is 1. The van der Waals surface area contributed by atoms with Crippen LogP contribution in [0.2, 0.25) is 0 Å². The summed E-state index contributed by atoms with van der Waals surface area (Å²) in [6, 6.07) is 5.24. The molecule has 18 heavy (non-hydrogen) atoms. The molecule has 3 aromatic rings. The molecule has 3 N–H and O–H groups in total. The highest BCUT2D eigenvalue weighted by Gasteiger charge is 2.13. The lowest BCUT2D eigenvalue weighted by Crippen LogP contribution is -2.06. The first kappa shape index (κ1) is 10.8. The summed E-state index contributed by atoms with van der Waals surface area (Å²) in [5, 5.41) is 4.87. The average molecular weight is 243 g/mol. The SMILES string of the molecule is CC(C)c1cc(=O)c2c(ccc3c(N)noc32)[nH]1. The zero-order valence-corrected chi connectivity index (χ0v) is 10.2. The Balaban J connectivity index is 2.49. The molecule has 0 aliphatic heterocycles. The van der Waals surface area contributed by atoms with Crippen molar-refractivity contribution in [3.63, 3.8) is 0 Å². The molecule has 0 atom stereocenters. The third-order valence-electron chi connectivity index (χ3n) is 3.10. The van der Waals surface area contributed by atoms with Crippen LogP contribution < -0.4 is 11.2 Å². The van der Waals surface area contributed by atoms with Gasteiger partial charge >= 0.3 is 0 Å². The Morgan fingerprint density at radius 1 is 1.39 bits per heavy atom. The van der Waals surface area contributed by atoms with Crippen molar-refractivity contribution in [2.24, 2.45) is 0 Å². The second kappa shape index (κ2) is 3.60. The molecule has 1 aromatic carbocycles. The van der Waals surface area contributed by atoms with Gasteiger partial charge in [-0.15, -0.1) is 0 Å². The number of hydrogen-bond acceptors (Lipinski definition) is 4. The molecule has 0 bridgehead atoms. The molecule has 0 saturated heterocycles. The summed E-state index contributed by atoms with van der Waals surface area (Å²) < 4.78 is 5.15. The molecule has 0 spiro atoms. The molecule has 0 amide bonds. The van der Waals surface area contributed by atoms with Crippen LogP contribution in [0.1, 0.15) is 25.5 Å². The number of nitrogens with two attached hydrogens (primary N) is 1. The second-order valence-corrected chi connectivity index (χ2v) is 4.68. The van der Waals surface area contributed by atoms with E-state index in [0.717, 1.165) is 11.2 Å². The van der Waals surface area contributed by atoms with Gasteiger partial charge in [-0.05, 0) is 18.1 Å². The minimum absolute atomic E-state index is 0.0748. The summed E-state index contributed by atoms with van der Waals surface area (Å²) in [5.41, 5.74) is 7.70. The van der Waals surface area contributed by atoms with E-state index in [0.29, 0.717) is 22.2 Å². The highest BCUT2D eigenvalue weighted by molar-refractivity contribution is 6.05. The number of nitrogen functional groups attached to an aromatic ring is 1. The fraction of sp³-hybridized carbons (Fsp3) is 0.231. The maximum absolute atomic E-state index is 12.2. The molecule has 0 unspecified atom stereocenters. The highest BCUT2D eigenvalue weighted by Crippen LogP contribution is 2.26. The summed E-state index contributed by atoms with van der Waals surface area (Å²) in [6.45, 7) is 4.06. The summed E-state index contributed by atoms with van der Waals surface area (Å²) in [6.07, 6.45) is 0. The van der Waals surface area contributed by atoms with Gasteiger partial charge in [0.15, 0.2) is 16.8 Å². The average Bonchev–Trinajstić information content (AvgIpc) is 2.70. The van der Waals surface area contributed by atoms with Crippen molar-refractivity contribution < 1.29 is 4.52 Å². The van der Waals surface area contributed by atoms with E-state index in [-0.39, 0.29) is 11.3 Å². The largest absolute Gasteiger partial charge is 0.380 e. The van der Waals surface area contributed by atoms with Crippen molar-refractivity contribution in [1.82, 2.24) is 10.1 Å². The molecule has 0 radical (unpaired) electrons. The molecule has 92 valence electrons. The molecule has 2 aromatic heterocycles. The Morgan fingerprint density at radius 3 is 2.89 bits per heavy atom. The smallest absolute Gasteiger partial charge is 0.193 e. The van der Waals surface area contributed by atoms with Gasteiger partial charge in [0, 0.05) is 11.8 Å². The molecule has 0 aliphatic carbocycles. The third kappa shape index (κ3) is 1.40. The molecule has 5 nitrogen and oxygen atoms in total. The fourth-order valence-electron chi connectivity index (χ4n) is 2.09. The van der Waals surface area contributed by atoms with E-state index in [2.05, 4.69) is 10.1 Å². The zero-order chi connectivity index (χ0) is 12.9. The minimum atomic E-state index is -0.0748. The molecular weight excluding hydrogens is 230 g/mol. The number of H-pyrrole nitrogens is 1. The van der Waals surface area contributed by atoms with Gasteiger partial charge in [0.05, 0.1) is 16.3 Å².